The molecule has 2 aromatic rings. The number of benzene rings is 2. The van der Waals surface area contributed by atoms with Gasteiger partial charge in [0.1, 0.15) is 5.82 Å². The molecule has 136 valence electrons. The molecule has 1 amide bonds. The van der Waals surface area contributed by atoms with Crippen molar-refractivity contribution in [2.45, 2.75) is 6.92 Å². The van der Waals surface area contributed by atoms with Gasteiger partial charge in [-0.05, 0) is 30.7 Å². The average Bonchev–Trinajstić information content (AvgIpc) is 2.62. The summed E-state index contributed by atoms with van der Waals surface area (Å²) in [5, 5.41) is 15.9. The smallest absolute Gasteiger partial charge is 0.341 e. The minimum absolute atomic E-state index is 0.0733. The summed E-state index contributed by atoms with van der Waals surface area (Å²) in [6, 6.07) is 7.82. The van der Waals surface area contributed by atoms with Crippen LogP contribution in [-0.2, 0) is 9.53 Å². The quantitative estimate of drug-likeness (QED) is 0.465. The molecule has 0 aliphatic heterocycles. The number of hydrogen-bond acceptors (Lipinski definition) is 6. The van der Waals surface area contributed by atoms with Crippen molar-refractivity contribution in [1.29, 1.82) is 0 Å². The Morgan fingerprint density at radius 1 is 1.23 bits per heavy atom. The number of non-ortho nitro benzene ring substituents is 1. The predicted molar refractivity (Wildman–Crippen MR) is 92.7 cm³/mol. The molecule has 8 nitrogen and oxygen atoms in total. The van der Waals surface area contributed by atoms with E-state index in [1.807, 2.05) is 0 Å². The Kier molecular flexibility index (Phi) is 5.84. The van der Waals surface area contributed by atoms with E-state index in [-0.39, 0.29) is 16.9 Å². The van der Waals surface area contributed by atoms with Crippen LogP contribution in [0.25, 0.3) is 0 Å². The van der Waals surface area contributed by atoms with Gasteiger partial charge in [0.25, 0.3) is 11.6 Å². The Bertz CT molecular complexity index is 869. The van der Waals surface area contributed by atoms with Crippen molar-refractivity contribution in [3.63, 3.8) is 0 Å². The van der Waals surface area contributed by atoms with E-state index in [1.165, 1.54) is 31.3 Å². The largest absolute Gasteiger partial charge is 0.452 e. The minimum Gasteiger partial charge on any atom is -0.452 e. The third-order valence-electron chi connectivity index (χ3n) is 3.49. The van der Waals surface area contributed by atoms with E-state index in [1.54, 1.807) is 6.92 Å². The molecule has 0 atom stereocenters. The highest BCUT2D eigenvalue weighted by Gasteiger charge is 2.18. The molecule has 9 heteroatoms. The van der Waals surface area contributed by atoms with Gasteiger partial charge in [0, 0.05) is 30.6 Å². The van der Waals surface area contributed by atoms with Gasteiger partial charge in [-0.15, -0.1) is 0 Å². The molecule has 0 saturated carbocycles. The normalized spacial score (nSPS) is 10.1. The zero-order valence-electron chi connectivity index (χ0n) is 14.0. The number of rotatable bonds is 6. The number of amides is 1. The number of halogens is 1. The van der Waals surface area contributed by atoms with Crippen LogP contribution < -0.4 is 10.6 Å². The molecular weight excluding hydrogens is 345 g/mol. The SMILES string of the molecule is CNc1ccc([N+](=O)[O-])cc1C(=O)OCC(=O)Nc1ccc(C)c(F)c1. The van der Waals surface area contributed by atoms with E-state index in [0.717, 1.165) is 12.1 Å². The van der Waals surface area contributed by atoms with Crippen LogP contribution >= 0.6 is 0 Å². The van der Waals surface area contributed by atoms with Crippen LogP contribution in [0, 0.1) is 22.9 Å². The van der Waals surface area contributed by atoms with Gasteiger partial charge in [-0.3, -0.25) is 14.9 Å². The number of hydrogen-bond donors (Lipinski definition) is 2. The summed E-state index contributed by atoms with van der Waals surface area (Å²) in [6.45, 7) is 0.960. The molecule has 0 heterocycles. The van der Waals surface area contributed by atoms with Crippen molar-refractivity contribution >= 4 is 28.9 Å². The number of nitrogens with zero attached hydrogens (tertiary/aromatic N) is 1. The number of anilines is 2. The second-order valence-corrected chi connectivity index (χ2v) is 5.33. The van der Waals surface area contributed by atoms with E-state index in [2.05, 4.69) is 10.6 Å². The lowest BCUT2D eigenvalue weighted by atomic mass is 10.1. The molecule has 0 fully saturated rings. The van der Waals surface area contributed by atoms with Crippen molar-refractivity contribution in [2.75, 3.05) is 24.3 Å². The van der Waals surface area contributed by atoms with Crippen LogP contribution in [0.5, 0.6) is 0 Å². The molecule has 0 aliphatic rings. The second-order valence-electron chi connectivity index (χ2n) is 5.33. The van der Waals surface area contributed by atoms with Crippen molar-refractivity contribution in [1.82, 2.24) is 0 Å². The summed E-state index contributed by atoms with van der Waals surface area (Å²) in [5.74, 6) is -2.05. The third-order valence-corrected chi connectivity index (χ3v) is 3.49. The van der Waals surface area contributed by atoms with Gasteiger partial charge in [-0.25, -0.2) is 9.18 Å². The molecule has 0 saturated heterocycles. The molecule has 0 aliphatic carbocycles. The van der Waals surface area contributed by atoms with E-state index in [0.29, 0.717) is 11.3 Å². The summed E-state index contributed by atoms with van der Waals surface area (Å²) < 4.78 is 18.3. The molecule has 0 radical (unpaired) electrons. The van der Waals surface area contributed by atoms with E-state index < -0.39 is 29.2 Å². The Morgan fingerprint density at radius 2 is 1.96 bits per heavy atom. The van der Waals surface area contributed by atoms with Crippen LogP contribution in [0.4, 0.5) is 21.5 Å². The standard InChI is InChI=1S/C17H16FN3O5/c1-10-3-4-11(7-14(10)18)20-16(22)9-26-17(23)13-8-12(21(24)25)5-6-15(13)19-2/h3-8,19H,9H2,1-2H3,(H,20,22). The first-order chi connectivity index (χ1) is 12.3. The lowest BCUT2D eigenvalue weighted by Gasteiger charge is -2.10. The second kappa shape index (κ2) is 8.06. The lowest BCUT2D eigenvalue weighted by Crippen LogP contribution is -2.21. The van der Waals surface area contributed by atoms with Crippen molar-refractivity contribution in [3.05, 3.63) is 63.5 Å². The van der Waals surface area contributed by atoms with E-state index >= 15 is 0 Å². The zero-order valence-corrected chi connectivity index (χ0v) is 14.0. The lowest BCUT2D eigenvalue weighted by molar-refractivity contribution is -0.384. The number of nitrogens with one attached hydrogen (secondary N) is 2. The molecule has 0 aromatic heterocycles. The van der Waals surface area contributed by atoms with Crippen molar-refractivity contribution < 1.29 is 23.6 Å². The number of nitro benzene ring substituents is 1. The van der Waals surface area contributed by atoms with Crippen LogP contribution in [-0.4, -0.2) is 30.5 Å². The number of esters is 1. The molecule has 2 aromatic carbocycles. The maximum atomic E-state index is 13.5. The van der Waals surface area contributed by atoms with Gasteiger partial charge in [0.15, 0.2) is 6.61 Å². The topological polar surface area (TPSA) is 111 Å². The van der Waals surface area contributed by atoms with Gasteiger partial charge in [-0.1, -0.05) is 6.07 Å². The average molecular weight is 361 g/mol. The number of nitro groups is 1. The van der Waals surface area contributed by atoms with Crippen molar-refractivity contribution in [3.8, 4) is 0 Å². The monoisotopic (exact) mass is 361 g/mol. The Labute approximate surface area is 148 Å². The molecule has 0 unspecified atom stereocenters. The maximum Gasteiger partial charge on any atom is 0.341 e. The van der Waals surface area contributed by atoms with Gasteiger partial charge in [0.2, 0.25) is 0 Å². The van der Waals surface area contributed by atoms with E-state index in [9.17, 15) is 24.1 Å². The first-order valence-corrected chi connectivity index (χ1v) is 7.51. The van der Waals surface area contributed by atoms with E-state index in [4.69, 9.17) is 4.74 Å². The molecule has 0 bridgehead atoms. The highest BCUT2D eigenvalue weighted by molar-refractivity contribution is 5.99. The van der Waals surface area contributed by atoms with Gasteiger partial charge in [-0.2, -0.15) is 0 Å². The minimum atomic E-state index is -0.900. The molecule has 0 spiro atoms. The Morgan fingerprint density at radius 3 is 2.58 bits per heavy atom. The highest BCUT2D eigenvalue weighted by Crippen LogP contribution is 2.22. The first-order valence-electron chi connectivity index (χ1n) is 7.51. The number of carbonyl (C=O) groups excluding carboxylic acids is 2. The molecule has 2 rings (SSSR count). The third kappa shape index (κ3) is 4.53. The molecule has 26 heavy (non-hydrogen) atoms. The van der Waals surface area contributed by atoms with Crippen LogP contribution in [0.3, 0.4) is 0 Å². The van der Waals surface area contributed by atoms with Crippen LogP contribution in [0.1, 0.15) is 15.9 Å². The number of aryl methyl sites for hydroxylation is 1. The van der Waals surface area contributed by atoms with Crippen LogP contribution in [0.15, 0.2) is 36.4 Å². The van der Waals surface area contributed by atoms with Crippen LogP contribution in [0.2, 0.25) is 0 Å². The fourth-order valence-electron chi connectivity index (χ4n) is 2.11. The van der Waals surface area contributed by atoms with Gasteiger partial charge in [0.05, 0.1) is 10.5 Å². The highest BCUT2D eigenvalue weighted by atomic mass is 19.1. The zero-order chi connectivity index (χ0) is 19.3. The van der Waals surface area contributed by atoms with Gasteiger partial charge >= 0.3 is 5.97 Å². The number of carbonyl (C=O) groups is 2. The predicted octanol–water partition coefficient (Wildman–Crippen LogP) is 2.88. The fourth-order valence-corrected chi connectivity index (χ4v) is 2.11. The number of ether oxygens (including phenoxy) is 1. The Balaban J connectivity index is 2.03. The summed E-state index contributed by atoms with van der Waals surface area (Å²) >= 11 is 0. The van der Waals surface area contributed by atoms with Gasteiger partial charge < -0.3 is 15.4 Å². The molecule has 2 N–H and O–H groups in total. The first kappa shape index (κ1) is 18.8. The fraction of sp³-hybridized carbons (Fsp3) is 0.176. The molecular formula is C17H16FN3O5. The summed E-state index contributed by atoms with van der Waals surface area (Å²) in [5.41, 5.74) is 0.619. The summed E-state index contributed by atoms with van der Waals surface area (Å²) in [6.07, 6.45) is 0. The Hall–Kier alpha value is -3.49. The van der Waals surface area contributed by atoms with Crippen molar-refractivity contribution in [2.24, 2.45) is 0 Å². The maximum absolute atomic E-state index is 13.5. The summed E-state index contributed by atoms with van der Waals surface area (Å²) in [7, 11) is 1.54. The summed E-state index contributed by atoms with van der Waals surface area (Å²) in [4.78, 5) is 34.2.